The topological polar surface area (TPSA) is 129 Å². The number of fused-ring (bicyclic) bond motifs is 3. The number of carbonyl (C=O) groups excluding carboxylic acids is 1. The molecule has 3 aliphatic rings. The Balaban J connectivity index is 1.02. The monoisotopic (exact) mass is 591 g/mol. The Bertz CT molecular complexity index is 1420. The van der Waals surface area contributed by atoms with Crippen molar-refractivity contribution in [2.24, 2.45) is 17.8 Å². The van der Waals surface area contributed by atoms with Gasteiger partial charge in [-0.2, -0.15) is 15.5 Å². The minimum Gasteiger partial charge on any atom is -0.444 e. The zero-order valence-corrected chi connectivity index (χ0v) is 23.9. The number of amides is 1. The maximum Gasteiger partial charge on any atom is 0.225 e. The molecule has 9 nitrogen and oxygen atoms in total. The van der Waals surface area contributed by atoms with Crippen molar-refractivity contribution in [1.82, 2.24) is 25.8 Å². The third-order valence-electron chi connectivity index (χ3n) is 9.26. The first-order chi connectivity index (χ1) is 18.9. The van der Waals surface area contributed by atoms with Crippen LogP contribution in [0, 0.1) is 42.9 Å². The lowest BCUT2D eigenvalue weighted by Gasteiger charge is -2.39. The number of nitriles is 1. The number of hydrogen-bond donors (Lipinski definition) is 3. The minimum absolute atomic E-state index is 0.0389. The van der Waals surface area contributed by atoms with Crippen LogP contribution in [0.2, 0.25) is 0 Å². The molecule has 3 aromatic rings. The van der Waals surface area contributed by atoms with Crippen molar-refractivity contribution in [3.05, 3.63) is 45.5 Å². The van der Waals surface area contributed by atoms with Crippen LogP contribution in [-0.4, -0.2) is 39.2 Å². The van der Waals surface area contributed by atoms with E-state index in [1.165, 1.54) is 19.3 Å². The number of carbonyl (C=O) groups is 1. The largest absolute Gasteiger partial charge is 0.444 e. The fourth-order valence-corrected chi connectivity index (χ4v) is 7.49. The van der Waals surface area contributed by atoms with Gasteiger partial charge < -0.3 is 20.4 Å². The van der Waals surface area contributed by atoms with Gasteiger partial charge >= 0.3 is 0 Å². The van der Waals surface area contributed by atoms with Crippen LogP contribution in [0.1, 0.15) is 67.5 Å². The number of nitrogens with one attached hydrogen (secondary N) is 3. The number of anilines is 1. The quantitative estimate of drug-likeness (QED) is 0.368. The molecule has 5 heterocycles. The van der Waals surface area contributed by atoms with E-state index in [0.717, 1.165) is 58.2 Å². The molecule has 4 atom stereocenters. The molecule has 2 saturated heterocycles. The summed E-state index contributed by atoms with van der Waals surface area (Å²) in [7, 11) is 0. The molecule has 4 unspecified atom stereocenters. The maximum atomic E-state index is 13.2. The molecular formula is C29H34BrN7O2. The van der Waals surface area contributed by atoms with Gasteiger partial charge in [0, 0.05) is 36.1 Å². The highest BCUT2D eigenvalue weighted by Gasteiger charge is 2.45. The van der Waals surface area contributed by atoms with Crippen LogP contribution in [0.4, 0.5) is 5.82 Å². The second kappa shape index (κ2) is 10.9. The SMILES string of the molecule is Cc1nncc(CNC(=O)C2CC3CC(C4CCC(Nc5ncc6oc(C#N)cc6c5Br)CC4)CC2N3)c1C. The maximum absolute atomic E-state index is 13.2. The van der Waals surface area contributed by atoms with Crippen LogP contribution in [0.15, 0.2) is 27.3 Å². The van der Waals surface area contributed by atoms with Crippen LogP contribution in [-0.2, 0) is 11.3 Å². The van der Waals surface area contributed by atoms with Crippen molar-refractivity contribution in [3.8, 4) is 6.07 Å². The number of pyridine rings is 1. The summed E-state index contributed by atoms with van der Waals surface area (Å²) in [5.41, 5.74) is 3.65. The van der Waals surface area contributed by atoms with Gasteiger partial charge in [-0.15, -0.1) is 0 Å². The van der Waals surface area contributed by atoms with Gasteiger partial charge in [0.15, 0.2) is 5.58 Å². The number of piperidine rings is 1. The fourth-order valence-electron chi connectivity index (χ4n) is 6.96. The highest BCUT2D eigenvalue weighted by molar-refractivity contribution is 9.10. The molecule has 1 amide bonds. The lowest BCUT2D eigenvalue weighted by Crippen LogP contribution is -2.45. The second-order valence-corrected chi connectivity index (χ2v) is 12.3. The van der Waals surface area contributed by atoms with Crippen molar-refractivity contribution in [2.75, 3.05) is 5.32 Å². The van der Waals surface area contributed by atoms with E-state index < -0.39 is 0 Å². The first-order valence-corrected chi connectivity index (χ1v) is 14.7. The molecule has 39 heavy (non-hydrogen) atoms. The molecule has 1 aliphatic carbocycles. The number of rotatable bonds is 6. The molecule has 0 spiro atoms. The lowest BCUT2D eigenvalue weighted by molar-refractivity contribution is -0.125. The number of furan rings is 1. The van der Waals surface area contributed by atoms with Crippen LogP contribution in [0.25, 0.3) is 11.0 Å². The molecule has 3 N–H and O–H groups in total. The van der Waals surface area contributed by atoms with Crippen molar-refractivity contribution in [3.63, 3.8) is 0 Å². The summed E-state index contributed by atoms with van der Waals surface area (Å²) < 4.78 is 6.34. The van der Waals surface area contributed by atoms with Crippen LogP contribution < -0.4 is 16.0 Å². The molecular weight excluding hydrogens is 558 g/mol. The van der Waals surface area contributed by atoms with E-state index in [2.05, 4.69) is 47.1 Å². The van der Waals surface area contributed by atoms with E-state index in [-0.39, 0.29) is 23.6 Å². The molecule has 2 aliphatic heterocycles. The minimum atomic E-state index is 0.0389. The summed E-state index contributed by atoms with van der Waals surface area (Å²) in [5.74, 6) is 2.67. The Kier molecular flexibility index (Phi) is 7.29. The van der Waals surface area contributed by atoms with Crippen molar-refractivity contribution >= 4 is 38.6 Å². The summed E-state index contributed by atoms with van der Waals surface area (Å²) in [6, 6.07) is 4.88. The lowest BCUT2D eigenvalue weighted by atomic mass is 9.73. The van der Waals surface area contributed by atoms with Gasteiger partial charge in [-0.1, -0.05) is 0 Å². The van der Waals surface area contributed by atoms with Crippen molar-refractivity contribution < 1.29 is 9.21 Å². The van der Waals surface area contributed by atoms with Crippen molar-refractivity contribution in [1.29, 1.82) is 5.26 Å². The zero-order valence-electron chi connectivity index (χ0n) is 22.3. The van der Waals surface area contributed by atoms with Gasteiger partial charge in [0.2, 0.25) is 11.7 Å². The van der Waals surface area contributed by atoms with Gasteiger partial charge in [0.1, 0.15) is 11.9 Å². The van der Waals surface area contributed by atoms with E-state index in [9.17, 15) is 4.79 Å². The van der Waals surface area contributed by atoms with E-state index in [1.807, 2.05) is 19.9 Å². The normalized spacial score (nSPS) is 28.3. The summed E-state index contributed by atoms with van der Waals surface area (Å²) in [6.07, 6.45) is 11.2. The molecule has 0 aromatic carbocycles. The fraction of sp³-hybridized carbons (Fsp3) is 0.552. The van der Waals surface area contributed by atoms with Crippen molar-refractivity contribution in [2.45, 2.75) is 83.5 Å². The summed E-state index contributed by atoms with van der Waals surface area (Å²) in [6.45, 7) is 4.49. The Labute approximate surface area is 236 Å². The van der Waals surface area contributed by atoms with Gasteiger partial charge in [-0.3, -0.25) is 4.79 Å². The summed E-state index contributed by atoms with van der Waals surface area (Å²) in [4.78, 5) is 17.7. The van der Waals surface area contributed by atoms with E-state index in [4.69, 9.17) is 9.68 Å². The number of halogens is 1. The van der Waals surface area contributed by atoms with Gasteiger partial charge in [-0.25, -0.2) is 4.98 Å². The number of aryl methyl sites for hydroxylation is 1. The third-order valence-corrected chi connectivity index (χ3v) is 10.1. The van der Waals surface area contributed by atoms with Crippen LogP contribution in [0.5, 0.6) is 0 Å². The van der Waals surface area contributed by atoms with Gasteiger partial charge in [0.05, 0.1) is 28.5 Å². The Hall–Kier alpha value is -3.03. The smallest absolute Gasteiger partial charge is 0.225 e. The molecule has 1 saturated carbocycles. The predicted molar refractivity (Wildman–Crippen MR) is 151 cm³/mol. The number of nitrogens with zero attached hydrogens (tertiary/aromatic N) is 4. The first kappa shape index (κ1) is 26.2. The number of aromatic nitrogens is 3. The third kappa shape index (κ3) is 5.27. The number of hydrogen-bond acceptors (Lipinski definition) is 8. The summed E-state index contributed by atoms with van der Waals surface area (Å²) in [5, 5.41) is 28.7. The average molecular weight is 593 g/mol. The van der Waals surface area contributed by atoms with E-state index in [0.29, 0.717) is 36.0 Å². The van der Waals surface area contributed by atoms with Crippen LogP contribution in [0.3, 0.4) is 0 Å². The van der Waals surface area contributed by atoms with Gasteiger partial charge in [-0.05, 0) is 97.7 Å². The predicted octanol–water partition coefficient (Wildman–Crippen LogP) is 4.91. The molecule has 2 bridgehead atoms. The Morgan fingerprint density at radius 2 is 2.00 bits per heavy atom. The average Bonchev–Trinajstić information content (AvgIpc) is 3.51. The molecule has 10 heteroatoms. The Morgan fingerprint density at radius 1 is 1.18 bits per heavy atom. The highest BCUT2D eigenvalue weighted by atomic mass is 79.9. The van der Waals surface area contributed by atoms with E-state index in [1.54, 1.807) is 18.5 Å². The molecule has 3 fully saturated rings. The standard InChI is InChI=1S/C29H34BrN7O2/c1-15-16(2)37-34-13-19(15)12-33-29(38)23-9-21-7-18(8-25(23)35-21)17-3-5-20(6-4-17)36-28-27(30)24-10-22(11-31)39-26(24)14-32-28/h10,13-14,17-18,20-21,23,25,35H,3-9,12H2,1-2H3,(H,32,36)(H,33,38). The highest BCUT2D eigenvalue weighted by Crippen LogP contribution is 2.43. The van der Waals surface area contributed by atoms with Gasteiger partial charge in [0.25, 0.3) is 0 Å². The Morgan fingerprint density at radius 3 is 2.79 bits per heavy atom. The molecule has 0 radical (unpaired) electrons. The molecule has 3 aromatic heterocycles. The zero-order chi connectivity index (χ0) is 27.1. The molecule has 6 rings (SSSR count). The first-order valence-electron chi connectivity index (χ1n) is 14.0. The second-order valence-electron chi connectivity index (χ2n) is 11.5. The summed E-state index contributed by atoms with van der Waals surface area (Å²) >= 11 is 3.65. The van der Waals surface area contributed by atoms with E-state index >= 15 is 0 Å². The van der Waals surface area contributed by atoms with Crippen LogP contribution >= 0.6 is 15.9 Å². The molecule has 204 valence electrons.